The lowest BCUT2D eigenvalue weighted by atomic mass is 10.0. The van der Waals surface area contributed by atoms with E-state index in [1.165, 1.54) is 11.3 Å². The molecular formula is C11H17BrClNS. The summed E-state index contributed by atoms with van der Waals surface area (Å²) < 4.78 is 1.84. The van der Waals surface area contributed by atoms with Crippen LogP contribution in [-0.2, 0) is 6.54 Å². The number of hydrogen-bond acceptors (Lipinski definition) is 2. The van der Waals surface area contributed by atoms with Crippen molar-refractivity contribution in [3.05, 3.63) is 19.8 Å². The molecule has 1 heterocycles. The molecule has 0 saturated heterocycles. The molecule has 2 unspecified atom stereocenters. The van der Waals surface area contributed by atoms with E-state index in [1.54, 1.807) is 11.3 Å². The van der Waals surface area contributed by atoms with Gasteiger partial charge in [-0.05, 0) is 34.8 Å². The number of hydrogen-bond donors (Lipinski definition) is 1. The Morgan fingerprint density at radius 1 is 1.53 bits per heavy atom. The van der Waals surface area contributed by atoms with Gasteiger partial charge in [-0.15, -0.1) is 11.3 Å². The highest BCUT2D eigenvalue weighted by molar-refractivity contribution is 9.10. The summed E-state index contributed by atoms with van der Waals surface area (Å²) in [6.45, 7) is 7.64. The fourth-order valence-electron chi connectivity index (χ4n) is 1.29. The van der Waals surface area contributed by atoms with Crippen LogP contribution in [-0.4, -0.2) is 6.04 Å². The SMILES string of the molecule is CCC(C)C(C)NCc1cc(Br)c(Cl)s1. The highest BCUT2D eigenvalue weighted by Gasteiger charge is 2.10. The Balaban J connectivity index is 2.43. The molecule has 0 saturated carbocycles. The van der Waals surface area contributed by atoms with Crippen molar-refractivity contribution in [2.24, 2.45) is 5.92 Å². The Labute approximate surface area is 109 Å². The number of rotatable bonds is 5. The van der Waals surface area contributed by atoms with E-state index in [9.17, 15) is 0 Å². The molecule has 0 spiro atoms. The van der Waals surface area contributed by atoms with Gasteiger partial charge in [-0.1, -0.05) is 31.9 Å². The molecule has 4 heteroatoms. The van der Waals surface area contributed by atoms with Gasteiger partial charge in [0.2, 0.25) is 0 Å². The molecule has 1 nitrogen and oxygen atoms in total. The number of thiophene rings is 1. The summed E-state index contributed by atoms with van der Waals surface area (Å²) in [6.07, 6.45) is 1.21. The van der Waals surface area contributed by atoms with E-state index >= 15 is 0 Å². The molecule has 0 aliphatic rings. The predicted octanol–water partition coefficient (Wildman–Crippen LogP) is 4.69. The van der Waals surface area contributed by atoms with Crippen LogP contribution in [0.1, 0.15) is 32.1 Å². The van der Waals surface area contributed by atoms with Crippen LogP contribution < -0.4 is 5.32 Å². The molecule has 2 atom stereocenters. The van der Waals surface area contributed by atoms with Gasteiger partial charge in [0.15, 0.2) is 0 Å². The topological polar surface area (TPSA) is 12.0 Å². The molecule has 0 fully saturated rings. The first-order valence-electron chi connectivity index (χ1n) is 5.21. The van der Waals surface area contributed by atoms with Gasteiger partial charge in [0.05, 0.1) is 0 Å². The molecule has 1 N–H and O–H groups in total. The molecular weight excluding hydrogens is 294 g/mol. The maximum atomic E-state index is 5.98. The fourth-order valence-corrected chi connectivity index (χ4v) is 3.04. The van der Waals surface area contributed by atoms with Crippen molar-refractivity contribution in [2.75, 3.05) is 0 Å². The normalized spacial score (nSPS) is 15.3. The molecule has 1 aromatic rings. The average Bonchev–Trinajstić information content (AvgIpc) is 2.54. The second-order valence-electron chi connectivity index (χ2n) is 3.89. The van der Waals surface area contributed by atoms with Gasteiger partial charge < -0.3 is 5.32 Å². The Kier molecular flexibility index (Phi) is 5.61. The van der Waals surface area contributed by atoms with E-state index in [0.29, 0.717) is 12.0 Å². The lowest BCUT2D eigenvalue weighted by Crippen LogP contribution is -2.30. The Morgan fingerprint density at radius 3 is 2.67 bits per heavy atom. The summed E-state index contributed by atoms with van der Waals surface area (Å²) in [7, 11) is 0. The summed E-state index contributed by atoms with van der Waals surface area (Å²) in [5, 5.41) is 3.52. The molecule has 0 bridgehead atoms. The largest absolute Gasteiger partial charge is 0.309 e. The standard InChI is InChI=1S/C11H17BrClNS/c1-4-7(2)8(3)14-6-9-5-10(12)11(13)15-9/h5,7-8,14H,4,6H2,1-3H3. The molecule has 0 aliphatic carbocycles. The zero-order chi connectivity index (χ0) is 11.4. The smallest absolute Gasteiger partial charge is 0.107 e. The lowest BCUT2D eigenvalue weighted by molar-refractivity contribution is 0.390. The third kappa shape index (κ3) is 4.06. The molecule has 0 amide bonds. The van der Waals surface area contributed by atoms with Gasteiger partial charge in [0, 0.05) is 21.9 Å². The van der Waals surface area contributed by atoms with Crippen molar-refractivity contribution in [1.82, 2.24) is 5.32 Å². The quantitative estimate of drug-likeness (QED) is 0.832. The molecule has 0 radical (unpaired) electrons. The van der Waals surface area contributed by atoms with Crippen molar-refractivity contribution < 1.29 is 0 Å². The van der Waals surface area contributed by atoms with Gasteiger partial charge in [-0.2, -0.15) is 0 Å². The number of nitrogens with one attached hydrogen (secondary N) is 1. The van der Waals surface area contributed by atoms with Crippen molar-refractivity contribution in [2.45, 2.75) is 39.8 Å². The van der Waals surface area contributed by atoms with Crippen LogP contribution in [0.2, 0.25) is 4.34 Å². The van der Waals surface area contributed by atoms with Crippen LogP contribution in [0.25, 0.3) is 0 Å². The Bertz CT molecular complexity index is 294. The van der Waals surface area contributed by atoms with E-state index in [-0.39, 0.29) is 0 Å². The molecule has 1 rings (SSSR count). The Morgan fingerprint density at radius 2 is 2.20 bits per heavy atom. The highest BCUT2D eigenvalue weighted by Crippen LogP contribution is 2.31. The summed E-state index contributed by atoms with van der Waals surface area (Å²) >= 11 is 11.0. The first-order valence-corrected chi connectivity index (χ1v) is 7.20. The minimum absolute atomic E-state index is 0.551. The molecule has 0 aromatic carbocycles. The van der Waals surface area contributed by atoms with Crippen molar-refractivity contribution in [3.63, 3.8) is 0 Å². The lowest BCUT2D eigenvalue weighted by Gasteiger charge is -2.19. The second kappa shape index (κ2) is 6.24. The number of halogens is 2. The Hall–Kier alpha value is 0.430. The van der Waals surface area contributed by atoms with Crippen molar-refractivity contribution in [3.8, 4) is 0 Å². The minimum Gasteiger partial charge on any atom is -0.309 e. The van der Waals surface area contributed by atoms with Gasteiger partial charge in [-0.3, -0.25) is 0 Å². The van der Waals surface area contributed by atoms with Crippen LogP contribution >= 0.6 is 38.9 Å². The van der Waals surface area contributed by atoms with Crippen molar-refractivity contribution >= 4 is 38.9 Å². The summed E-state index contributed by atoms with van der Waals surface area (Å²) in [5.41, 5.74) is 0. The van der Waals surface area contributed by atoms with Gasteiger partial charge in [0.1, 0.15) is 4.34 Å². The third-order valence-corrected chi connectivity index (χ3v) is 5.27. The molecule has 0 aliphatic heterocycles. The van der Waals surface area contributed by atoms with E-state index in [4.69, 9.17) is 11.6 Å². The van der Waals surface area contributed by atoms with Gasteiger partial charge in [-0.25, -0.2) is 0 Å². The van der Waals surface area contributed by atoms with E-state index in [1.807, 2.05) is 0 Å². The zero-order valence-corrected chi connectivity index (χ0v) is 12.5. The molecule has 15 heavy (non-hydrogen) atoms. The first kappa shape index (κ1) is 13.5. The van der Waals surface area contributed by atoms with Crippen LogP contribution in [0.15, 0.2) is 10.5 Å². The first-order chi connectivity index (χ1) is 7.04. The maximum absolute atomic E-state index is 5.98. The van der Waals surface area contributed by atoms with Gasteiger partial charge >= 0.3 is 0 Å². The monoisotopic (exact) mass is 309 g/mol. The van der Waals surface area contributed by atoms with Crippen LogP contribution in [0.3, 0.4) is 0 Å². The highest BCUT2D eigenvalue weighted by atomic mass is 79.9. The van der Waals surface area contributed by atoms with Crippen molar-refractivity contribution in [1.29, 1.82) is 0 Å². The van der Waals surface area contributed by atoms with E-state index in [2.05, 4.69) is 48.1 Å². The van der Waals surface area contributed by atoms with Crippen LogP contribution in [0.4, 0.5) is 0 Å². The molecule has 86 valence electrons. The van der Waals surface area contributed by atoms with Gasteiger partial charge in [0.25, 0.3) is 0 Å². The minimum atomic E-state index is 0.551. The second-order valence-corrected chi connectivity index (χ2v) is 6.48. The van der Waals surface area contributed by atoms with E-state index in [0.717, 1.165) is 15.4 Å². The van der Waals surface area contributed by atoms with Crippen LogP contribution in [0.5, 0.6) is 0 Å². The summed E-state index contributed by atoms with van der Waals surface area (Å²) in [4.78, 5) is 1.28. The summed E-state index contributed by atoms with van der Waals surface area (Å²) in [6, 6.07) is 2.64. The van der Waals surface area contributed by atoms with E-state index < -0.39 is 0 Å². The average molecular weight is 311 g/mol. The zero-order valence-electron chi connectivity index (χ0n) is 9.31. The summed E-state index contributed by atoms with van der Waals surface area (Å²) in [5.74, 6) is 0.712. The fraction of sp³-hybridized carbons (Fsp3) is 0.636. The van der Waals surface area contributed by atoms with Crippen LogP contribution in [0, 0.1) is 5.92 Å². The maximum Gasteiger partial charge on any atom is 0.107 e. The molecule has 1 aromatic heterocycles. The third-order valence-electron chi connectivity index (χ3n) is 2.79. The predicted molar refractivity (Wildman–Crippen MR) is 72.8 cm³/mol.